The molecule has 3 aromatic rings. The molecule has 106 valence electrons. The van der Waals surface area contributed by atoms with Gasteiger partial charge in [0.25, 0.3) is 0 Å². The lowest BCUT2D eigenvalue weighted by molar-refractivity contribution is 1.49. The van der Waals surface area contributed by atoms with Gasteiger partial charge in [0, 0.05) is 0 Å². The van der Waals surface area contributed by atoms with Gasteiger partial charge in [-0.05, 0) is 30.8 Å². The van der Waals surface area contributed by atoms with Crippen molar-refractivity contribution in [2.75, 3.05) is 0 Å². The summed E-state index contributed by atoms with van der Waals surface area (Å²) in [5, 5.41) is 4.21. The Morgan fingerprint density at radius 3 is 1.33 bits per heavy atom. The molecule has 0 amide bonds. The van der Waals surface area contributed by atoms with Gasteiger partial charge in [-0.15, -0.1) is 12.4 Å². The van der Waals surface area contributed by atoms with Gasteiger partial charge < -0.3 is 0 Å². The molecule has 0 spiro atoms. The largest absolute Gasteiger partial charge is 0.147 e. The third kappa shape index (κ3) is 3.73. The first-order valence-corrected chi connectivity index (χ1v) is 8.16. The molecule has 0 bridgehead atoms. The molecule has 0 aromatic heterocycles. The molecule has 0 unspecified atom stereocenters. The highest BCUT2D eigenvalue weighted by Crippen LogP contribution is 2.32. The summed E-state index contributed by atoms with van der Waals surface area (Å²) in [5.74, 6) is 0. The van der Waals surface area contributed by atoms with Crippen LogP contribution in [0.25, 0.3) is 0 Å². The zero-order valence-electron chi connectivity index (χ0n) is 11.9. The molecule has 0 nitrogen and oxygen atoms in total. The van der Waals surface area contributed by atoms with Crippen LogP contribution in [0, 0.1) is 6.92 Å². The van der Waals surface area contributed by atoms with E-state index in [9.17, 15) is 0 Å². The van der Waals surface area contributed by atoms with Crippen LogP contribution in [0.2, 0.25) is 0 Å². The zero-order chi connectivity index (χ0) is 13.8. The molecule has 0 aliphatic carbocycles. The Bertz CT molecular complexity index is 623. The van der Waals surface area contributed by atoms with Crippen LogP contribution in [-0.2, 0) is 0 Å². The number of halogens is 1. The Morgan fingerprint density at radius 2 is 0.905 bits per heavy atom. The Hall–Kier alpha value is -1.62. The molecule has 2 heteroatoms. The molecule has 3 aromatic carbocycles. The van der Waals surface area contributed by atoms with E-state index in [0.29, 0.717) is 0 Å². The summed E-state index contributed by atoms with van der Waals surface area (Å²) in [6.07, 6.45) is 0. The van der Waals surface area contributed by atoms with E-state index >= 15 is 0 Å². The van der Waals surface area contributed by atoms with Crippen LogP contribution in [0.15, 0.2) is 84.9 Å². The van der Waals surface area contributed by atoms with Crippen LogP contribution in [0.1, 0.15) is 5.56 Å². The van der Waals surface area contributed by atoms with Crippen molar-refractivity contribution in [1.82, 2.24) is 0 Å². The zero-order valence-corrected chi connectivity index (χ0v) is 13.6. The number of rotatable bonds is 3. The summed E-state index contributed by atoms with van der Waals surface area (Å²) in [4.78, 5) is 0. The Labute approximate surface area is 134 Å². The minimum absolute atomic E-state index is 0. The molecule has 3 rings (SSSR count). The fourth-order valence-corrected chi connectivity index (χ4v) is 4.58. The second kappa shape index (κ2) is 7.41. The molecule has 0 aliphatic heterocycles. The van der Waals surface area contributed by atoms with E-state index in [2.05, 4.69) is 91.9 Å². The van der Waals surface area contributed by atoms with Gasteiger partial charge in [0.05, 0.1) is 0 Å². The van der Waals surface area contributed by atoms with Gasteiger partial charge in [-0.25, -0.2) is 0 Å². The predicted molar refractivity (Wildman–Crippen MR) is 97.1 cm³/mol. The van der Waals surface area contributed by atoms with Crippen molar-refractivity contribution in [1.29, 1.82) is 0 Å². The molecule has 0 aliphatic rings. The Morgan fingerprint density at radius 1 is 0.524 bits per heavy atom. The van der Waals surface area contributed by atoms with Crippen LogP contribution in [0.4, 0.5) is 0 Å². The summed E-state index contributed by atoms with van der Waals surface area (Å²) in [6, 6.07) is 30.5. The highest BCUT2D eigenvalue weighted by Gasteiger charge is 2.15. The highest BCUT2D eigenvalue weighted by atomic mass is 35.5. The molecule has 0 saturated carbocycles. The lowest BCUT2D eigenvalue weighted by Crippen LogP contribution is -2.20. The Kier molecular flexibility index (Phi) is 5.56. The summed E-state index contributed by atoms with van der Waals surface area (Å²) in [6.45, 7) is 2.14. The summed E-state index contributed by atoms with van der Waals surface area (Å²) < 4.78 is 0. The molecule has 0 N–H and O–H groups in total. The van der Waals surface area contributed by atoms with Gasteiger partial charge in [-0.3, -0.25) is 0 Å². The monoisotopic (exact) mass is 312 g/mol. The molecule has 21 heavy (non-hydrogen) atoms. The van der Waals surface area contributed by atoms with Crippen LogP contribution < -0.4 is 15.9 Å². The minimum Gasteiger partial charge on any atom is -0.147 e. The Balaban J connectivity index is 0.00000161. The highest BCUT2D eigenvalue weighted by molar-refractivity contribution is 7.79. The molecular formula is C19H18ClP. The first-order chi connectivity index (χ1) is 9.84. The summed E-state index contributed by atoms with van der Waals surface area (Å²) in [7, 11) is -0.458. The number of benzene rings is 3. The van der Waals surface area contributed by atoms with E-state index in [0.717, 1.165) is 0 Å². The number of aryl methyl sites for hydroxylation is 1. The molecule has 0 fully saturated rings. The first-order valence-electron chi connectivity index (χ1n) is 6.81. The quantitative estimate of drug-likeness (QED) is 0.637. The molecule has 0 heterocycles. The lowest BCUT2D eigenvalue weighted by atomic mass is 10.2. The molecule has 0 radical (unpaired) electrons. The van der Waals surface area contributed by atoms with E-state index in [-0.39, 0.29) is 12.4 Å². The van der Waals surface area contributed by atoms with E-state index in [1.54, 1.807) is 0 Å². The fraction of sp³-hybridized carbons (Fsp3) is 0.0526. The van der Waals surface area contributed by atoms with Crippen molar-refractivity contribution in [3.63, 3.8) is 0 Å². The normalized spacial score (nSPS) is 10.2. The van der Waals surface area contributed by atoms with Crippen LogP contribution in [-0.4, -0.2) is 0 Å². The van der Waals surface area contributed by atoms with Crippen LogP contribution in [0.5, 0.6) is 0 Å². The third-order valence-electron chi connectivity index (χ3n) is 3.32. The van der Waals surface area contributed by atoms with Gasteiger partial charge in [-0.1, -0.05) is 90.5 Å². The molecular weight excluding hydrogens is 295 g/mol. The average Bonchev–Trinajstić information content (AvgIpc) is 2.52. The van der Waals surface area contributed by atoms with Gasteiger partial charge in [0.15, 0.2) is 0 Å². The van der Waals surface area contributed by atoms with E-state index in [4.69, 9.17) is 0 Å². The van der Waals surface area contributed by atoms with E-state index in [1.807, 2.05) is 0 Å². The third-order valence-corrected chi connectivity index (χ3v) is 5.76. The maximum atomic E-state index is 2.26. The SMILES string of the molecule is Cc1ccc(P(c2ccccc2)c2ccccc2)cc1.Cl. The van der Waals surface area contributed by atoms with Crippen molar-refractivity contribution in [2.45, 2.75) is 6.92 Å². The van der Waals surface area contributed by atoms with Gasteiger partial charge in [-0.2, -0.15) is 0 Å². The van der Waals surface area contributed by atoms with E-state index < -0.39 is 7.92 Å². The summed E-state index contributed by atoms with van der Waals surface area (Å²) >= 11 is 0. The number of hydrogen-bond acceptors (Lipinski definition) is 0. The smallest absolute Gasteiger partial charge is 0.0134 e. The average molecular weight is 313 g/mol. The summed E-state index contributed by atoms with van der Waals surface area (Å²) in [5.41, 5.74) is 1.31. The van der Waals surface area contributed by atoms with Crippen molar-refractivity contribution < 1.29 is 0 Å². The van der Waals surface area contributed by atoms with Gasteiger partial charge in [0.1, 0.15) is 0 Å². The lowest BCUT2D eigenvalue weighted by Gasteiger charge is -2.19. The van der Waals surface area contributed by atoms with Crippen LogP contribution in [0.3, 0.4) is 0 Å². The fourth-order valence-electron chi connectivity index (χ4n) is 2.30. The maximum absolute atomic E-state index is 2.26. The maximum Gasteiger partial charge on any atom is -0.0134 e. The van der Waals surface area contributed by atoms with Crippen molar-refractivity contribution >= 4 is 36.2 Å². The molecule has 0 atom stereocenters. The standard InChI is InChI=1S/C19H17P.ClH/c1-16-12-14-19(15-13-16)20(17-8-4-2-5-9-17)18-10-6-3-7-11-18;/h2-15H,1H3;1H. The van der Waals surface area contributed by atoms with Crippen molar-refractivity contribution in [3.05, 3.63) is 90.5 Å². The van der Waals surface area contributed by atoms with Crippen molar-refractivity contribution in [3.8, 4) is 0 Å². The van der Waals surface area contributed by atoms with Gasteiger partial charge in [0.2, 0.25) is 0 Å². The van der Waals surface area contributed by atoms with E-state index in [1.165, 1.54) is 21.5 Å². The number of hydrogen-bond donors (Lipinski definition) is 0. The van der Waals surface area contributed by atoms with Crippen molar-refractivity contribution in [2.24, 2.45) is 0 Å². The first kappa shape index (κ1) is 15.8. The van der Waals surface area contributed by atoms with Gasteiger partial charge >= 0.3 is 0 Å². The predicted octanol–water partition coefficient (Wildman–Crippen LogP) is 4.18. The second-order valence-corrected chi connectivity index (χ2v) is 7.06. The minimum atomic E-state index is -0.458. The second-order valence-electron chi connectivity index (χ2n) is 4.84. The topological polar surface area (TPSA) is 0 Å². The van der Waals surface area contributed by atoms with Crippen LogP contribution >= 0.6 is 20.3 Å². The molecule has 0 saturated heterocycles.